The van der Waals surface area contributed by atoms with E-state index in [1.165, 1.54) is 18.4 Å². The molecule has 0 saturated carbocycles. The Kier molecular flexibility index (Phi) is 3.15. The highest BCUT2D eigenvalue weighted by atomic mass is 14.1. The topological polar surface area (TPSA) is 0 Å². The molecule has 1 rings (SSSR count). The minimum Gasteiger partial charge on any atom is -0.0853 e. The summed E-state index contributed by atoms with van der Waals surface area (Å²) >= 11 is 0. The SMILES string of the molecule is CC(C)=CCC1C=CC=CC1. The average molecular weight is 148 g/mol. The summed E-state index contributed by atoms with van der Waals surface area (Å²) in [5.41, 5.74) is 1.42. The summed E-state index contributed by atoms with van der Waals surface area (Å²) in [5.74, 6) is 0.745. The predicted octanol–water partition coefficient (Wildman–Crippen LogP) is 3.48. The fraction of sp³-hybridized carbons (Fsp3) is 0.455. The standard InChI is InChI=1S/C11H16/c1-10(2)8-9-11-6-4-3-5-7-11/h3-6,8,11H,7,9H2,1-2H3. The molecule has 0 aromatic carbocycles. The summed E-state index contributed by atoms with van der Waals surface area (Å²) in [5, 5.41) is 0. The van der Waals surface area contributed by atoms with Crippen molar-refractivity contribution in [3.05, 3.63) is 36.0 Å². The van der Waals surface area contributed by atoms with E-state index in [0.717, 1.165) is 5.92 Å². The molecule has 0 bridgehead atoms. The van der Waals surface area contributed by atoms with Gasteiger partial charge in [-0.05, 0) is 32.6 Å². The molecule has 0 heterocycles. The van der Waals surface area contributed by atoms with Gasteiger partial charge in [-0.15, -0.1) is 0 Å². The van der Waals surface area contributed by atoms with Gasteiger partial charge in [-0.3, -0.25) is 0 Å². The second-order valence-electron chi connectivity index (χ2n) is 3.33. The summed E-state index contributed by atoms with van der Waals surface area (Å²) < 4.78 is 0. The maximum Gasteiger partial charge on any atom is -0.0161 e. The Bertz CT molecular complexity index is 190. The van der Waals surface area contributed by atoms with Crippen LogP contribution in [0.5, 0.6) is 0 Å². The lowest BCUT2D eigenvalue weighted by Crippen LogP contribution is -1.95. The van der Waals surface area contributed by atoms with E-state index in [9.17, 15) is 0 Å². The van der Waals surface area contributed by atoms with E-state index in [2.05, 4.69) is 44.2 Å². The van der Waals surface area contributed by atoms with Crippen LogP contribution in [-0.2, 0) is 0 Å². The van der Waals surface area contributed by atoms with Crippen molar-refractivity contribution < 1.29 is 0 Å². The minimum absolute atomic E-state index is 0.745. The second kappa shape index (κ2) is 4.17. The van der Waals surface area contributed by atoms with Gasteiger partial charge in [0.15, 0.2) is 0 Å². The molecule has 11 heavy (non-hydrogen) atoms. The van der Waals surface area contributed by atoms with E-state index in [1.807, 2.05) is 0 Å². The Balaban J connectivity index is 2.33. The Morgan fingerprint density at radius 2 is 2.27 bits per heavy atom. The summed E-state index contributed by atoms with van der Waals surface area (Å²) in [6.45, 7) is 4.31. The number of allylic oxidation sites excluding steroid dienone is 6. The number of hydrogen-bond acceptors (Lipinski definition) is 0. The fourth-order valence-corrected chi connectivity index (χ4v) is 1.19. The molecule has 1 unspecified atom stereocenters. The molecule has 0 spiro atoms. The molecular weight excluding hydrogens is 132 g/mol. The van der Waals surface area contributed by atoms with Crippen LogP contribution < -0.4 is 0 Å². The molecule has 1 aliphatic carbocycles. The molecule has 1 aliphatic rings. The normalized spacial score (nSPS) is 21.8. The molecule has 0 nitrogen and oxygen atoms in total. The Hall–Kier alpha value is -0.780. The highest BCUT2D eigenvalue weighted by Crippen LogP contribution is 2.16. The van der Waals surface area contributed by atoms with Crippen LogP contribution in [0.25, 0.3) is 0 Å². The van der Waals surface area contributed by atoms with Crippen molar-refractivity contribution in [2.45, 2.75) is 26.7 Å². The maximum atomic E-state index is 2.31. The van der Waals surface area contributed by atoms with Crippen molar-refractivity contribution >= 4 is 0 Å². The zero-order valence-electron chi connectivity index (χ0n) is 7.38. The van der Waals surface area contributed by atoms with Gasteiger partial charge in [-0.25, -0.2) is 0 Å². The smallest absolute Gasteiger partial charge is 0.0161 e. The summed E-state index contributed by atoms with van der Waals surface area (Å²) in [6, 6.07) is 0. The highest BCUT2D eigenvalue weighted by molar-refractivity contribution is 5.12. The van der Waals surface area contributed by atoms with Crippen molar-refractivity contribution in [2.75, 3.05) is 0 Å². The third-order valence-corrected chi connectivity index (χ3v) is 1.90. The van der Waals surface area contributed by atoms with Gasteiger partial charge in [0.05, 0.1) is 0 Å². The van der Waals surface area contributed by atoms with Crippen molar-refractivity contribution in [2.24, 2.45) is 5.92 Å². The van der Waals surface area contributed by atoms with Crippen LogP contribution in [0.1, 0.15) is 26.7 Å². The van der Waals surface area contributed by atoms with Crippen LogP contribution in [0, 0.1) is 5.92 Å². The number of rotatable bonds is 2. The Labute approximate surface area is 69.3 Å². The van der Waals surface area contributed by atoms with Gasteiger partial charge in [0.25, 0.3) is 0 Å². The van der Waals surface area contributed by atoms with Gasteiger partial charge in [0.1, 0.15) is 0 Å². The largest absolute Gasteiger partial charge is 0.0853 e. The van der Waals surface area contributed by atoms with Crippen molar-refractivity contribution in [3.63, 3.8) is 0 Å². The van der Waals surface area contributed by atoms with Gasteiger partial charge < -0.3 is 0 Å². The van der Waals surface area contributed by atoms with Crippen LogP contribution in [0.15, 0.2) is 36.0 Å². The molecule has 0 fully saturated rings. The van der Waals surface area contributed by atoms with E-state index in [0.29, 0.717) is 0 Å². The highest BCUT2D eigenvalue weighted by Gasteiger charge is 2.01. The first-order chi connectivity index (χ1) is 5.29. The maximum absolute atomic E-state index is 2.31. The Morgan fingerprint density at radius 1 is 1.45 bits per heavy atom. The van der Waals surface area contributed by atoms with Crippen molar-refractivity contribution in [3.8, 4) is 0 Å². The summed E-state index contributed by atoms with van der Waals surface area (Å²) in [6.07, 6.45) is 13.5. The fourth-order valence-electron chi connectivity index (χ4n) is 1.19. The second-order valence-corrected chi connectivity index (χ2v) is 3.33. The quantitative estimate of drug-likeness (QED) is 0.526. The lowest BCUT2D eigenvalue weighted by atomic mass is 9.96. The molecule has 1 atom stereocenters. The van der Waals surface area contributed by atoms with Crippen LogP contribution in [0.4, 0.5) is 0 Å². The average Bonchev–Trinajstić information content (AvgIpc) is 2.03. The Morgan fingerprint density at radius 3 is 2.82 bits per heavy atom. The molecule has 0 aromatic heterocycles. The first-order valence-corrected chi connectivity index (χ1v) is 4.26. The molecule has 0 aliphatic heterocycles. The van der Waals surface area contributed by atoms with Crippen LogP contribution in [-0.4, -0.2) is 0 Å². The minimum atomic E-state index is 0.745. The monoisotopic (exact) mass is 148 g/mol. The van der Waals surface area contributed by atoms with Crippen LogP contribution in [0.3, 0.4) is 0 Å². The zero-order chi connectivity index (χ0) is 8.10. The third kappa shape index (κ3) is 3.22. The van der Waals surface area contributed by atoms with Crippen molar-refractivity contribution in [1.29, 1.82) is 0 Å². The van der Waals surface area contributed by atoms with Gasteiger partial charge in [0, 0.05) is 0 Å². The van der Waals surface area contributed by atoms with Gasteiger partial charge >= 0.3 is 0 Å². The van der Waals surface area contributed by atoms with E-state index in [1.54, 1.807) is 0 Å². The molecule has 60 valence electrons. The summed E-state index contributed by atoms with van der Waals surface area (Å²) in [7, 11) is 0. The van der Waals surface area contributed by atoms with Gasteiger partial charge in [0.2, 0.25) is 0 Å². The van der Waals surface area contributed by atoms with Gasteiger partial charge in [-0.2, -0.15) is 0 Å². The number of hydrogen-bond donors (Lipinski definition) is 0. The molecular formula is C11H16. The van der Waals surface area contributed by atoms with E-state index in [4.69, 9.17) is 0 Å². The summed E-state index contributed by atoms with van der Waals surface area (Å²) in [4.78, 5) is 0. The first-order valence-electron chi connectivity index (χ1n) is 4.26. The van der Waals surface area contributed by atoms with Gasteiger partial charge in [-0.1, -0.05) is 36.0 Å². The molecule has 0 radical (unpaired) electrons. The molecule has 0 amide bonds. The van der Waals surface area contributed by atoms with Crippen LogP contribution >= 0.6 is 0 Å². The molecule has 0 N–H and O–H groups in total. The van der Waals surface area contributed by atoms with E-state index >= 15 is 0 Å². The van der Waals surface area contributed by atoms with E-state index < -0.39 is 0 Å². The first kappa shape index (κ1) is 8.32. The lowest BCUT2D eigenvalue weighted by Gasteiger charge is -2.09. The van der Waals surface area contributed by atoms with Crippen molar-refractivity contribution in [1.82, 2.24) is 0 Å². The molecule has 0 heteroatoms. The molecule has 0 saturated heterocycles. The third-order valence-electron chi connectivity index (χ3n) is 1.90. The zero-order valence-corrected chi connectivity index (χ0v) is 7.38. The lowest BCUT2D eigenvalue weighted by molar-refractivity contribution is 0.666. The van der Waals surface area contributed by atoms with Crippen LogP contribution in [0.2, 0.25) is 0 Å². The van der Waals surface area contributed by atoms with E-state index in [-0.39, 0.29) is 0 Å². The predicted molar refractivity (Wildman–Crippen MR) is 50.4 cm³/mol. The molecule has 0 aromatic rings.